The van der Waals surface area contributed by atoms with Crippen LogP contribution in [0.25, 0.3) is 0 Å². The highest BCUT2D eigenvalue weighted by molar-refractivity contribution is 5.05. The van der Waals surface area contributed by atoms with Gasteiger partial charge in [0.25, 0.3) is 0 Å². The lowest BCUT2D eigenvalue weighted by atomic mass is 10.2. The second kappa shape index (κ2) is 5.37. The van der Waals surface area contributed by atoms with E-state index in [9.17, 15) is 0 Å². The van der Waals surface area contributed by atoms with Crippen LogP contribution in [0.1, 0.15) is 31.4 Å². The molecule has 4 nitrogen and oxygen atoms in total. The SMILES string of the molecule is CCc1ccnc(C(C)N2CCNCC2)n1. The third-order valence-corrected chi connectivity index (χ3v) is 3.17. The van der Waals surface area contributed by atoms with Gasteiger partial charge in [-0.15, -0.1) is 0 Å². The van der Waals surface area contributed by atoms with E-state index >= 15 is 0 Å². The summed E-state index contributed by atoms with van der Waals surface area (Å²) >= 11 is 0. The number of hydrogen-bond acceptors (Lipinski definition) is 4. The molecule has 0 aliphatic carbocycles. The third kappa shape index (κ3) is 2.57. The molecule has 2 rings (SSSR count). The maximum Gasteiger partial charge on any atom is 0.145 e. The average molecular weight is 220 g/mol. The molecular formula is C12H20N4. The summed E-state index contributed by atoms with van der Waals surface area (Å²) in [6.07, 6.45) is 2.85. The van der Waals surface area contributed by atoms with Crippen molar-refractivity contribution in [3.63, 3.8) is 0 Å². The average Bonchev–Trinajstić information content (AvgIpc) is 2.39. The van der Waals surface area contributed by atoms with Crippen LogP contribution in [0.3, 0.4) is 0 Å². The van der Waals surface area contributed by atoms with E-state index in [1.54, 1.807) is 0 Å². The fourth-order valence-corrected chi connectivity index (χ4v) is 2.04. The van der Waals surface area contributed by atoms with Crippen LogP contribution in [0.2, 0.25) is 0 Å². The Morgan fingerprint density at radius 2 is 2.19 bits per heavy atom. The third-order valence-electron chi connectivity index (χ3n) is 3.17. The molecule has 1 aliphatic rings. The number of nitrogens with zero attached hydrogens (tertiary/aromatic N) is 3. The topological polar surface area (TPSA) is 41.1 Å². The Morgan fingerprint density at radius 1 is 1.44 bits per heavy atom. The second-order valence-electron chi connectivity index (χ2n) is 4.22. The summed E-state index contributed by atoms with van der Waals surface area (Å²) in [6, 6.07) is 2.32. The maximum absolute atomic E-state index is 4.59. The van der Waals surface area contributed by atoms with Crippen molar-refractivity contribution in [2.24, 2.45) is 0 Å². The van der Waals surface area contributed by atoms with Gasteiger partial charge >= 0.3 is 0 Å². The van der Waals surface area contributed by atoms with Crippen LogP contribution in [0.5, 0.6) is 0 Å². The Hall–Kier alpha value is -1.00. The van der Waals surface area contributed by atoms with E-state index < -0.39 is 0 Å². The number of aryl methyl sites for hydroxylation is 1. The Balaban J connectivity index is 2.09. The van der Waals surface area contributed by atoms with E-state index in [1.807, 2.05) is 12.3 Å². The van der Waals surface area contributed by atoms with E-state index in [0.717, 1.165) is 44.1 Å². The van der Waals surface area contributed by atoms with Crippen molar-refractivity contribution in [2.45, 2.75) is 26.3 Å². The summed E-state index contributed by atoms with van der Waals surface area (Å²) in [4.78, 5) is 11.4. The minimum atomic E-state index is 0.327. The highest BCUT2D eigenvalue weighted by atomic mass is 15.2. The summed E-state index contributed by atoms with van der Waals surface area (Å²) in [7, 11) is 0. The van der Waals surface area contributed by atoms with Gasteiger partial charge in [-0.25, -0.2) is 9.97 Å². The molecule has 0 saturated carbocycles. The molecule has 0 radical (unpaired) electrons. The molecule has 1 N–H and O–H groups in total. The van der Waals surface area contributed by atoms with E-state index in [-0.39, 0.29) is 0 Å². The molecule has 1 atom stereocenters. The van der Waals surface area contributed by atoms with Gasteiger partial charge in [-0.2, -0.15) is 0 Å². The van der Waals surface area contributed by atoms with Gasteiger partial charge in [0.15, 0.2) is 0 Å². The fourth-order valence-electron chi connectivity index (χ4n) is 2.04. The van der Waals surface area contributed by atoms with Crippen molar-refractivity contribution in [3.05, 3.63) is 23.8 Å². The highest BCUT2D eigenvalue weighted by Crippen LogP contribution is 2.16. The Kier molecular flexibility index (Phi) is 3.85. The van der Waals surface area contributed by atoms with Gasteiger partial charge < -0.3 is 5.32 Å². The maximum atomic E-state index is 4.59. The van der Waals surface area contributed by atoms with Gasteiger partial charge in [-0.3, -0.25) is 4.90 Å². The van der Waals surface area contributed by atoms with Gasteiger partial charge in [0.2, 0.25) is 0 Å². The predicted molar refractivity (Wildman–Crippen MR) is 64.3 cm³/mol. The summed E-state index contributed by atoms with van der Waals surface area (Å²) in [5.74, 6) is 0.959. The molecule has 1 aromatic heterocycles. The summed E-state index contributed by atoms with van der Waals surface area (Å²) in [6.45, 7) is 8.62. The Morgan fingerprint density at radius 3 is 2.88 bits per heavy atom. The van der Waals surface area contributed by atoms with Crippen molar-refractivity contribution < 1.29 is 0 Å². The van der Waals surface area contributed by atoms with E-state index in [0.29, 0.717) is 6.04 Å². The quantitative estimate of drug-likeness (QED) is 0.825. The van der Waals surface area contributed by atoms with Crippen molar-refractivity contribution in [3.8, 4) is 0 Å². The first-order valence-electron chi connectivity index (χ1n) is 6.08. The molecule has 2 heterocycles. The van der Waals surface area contributed by atoms with Gasteiger partial charge in [-0.1, -0.05) is 6.92 Å². The summed E-state index contributed by atoms with van der Waals surface area (Å²) in [5.41, 5.74) is 1.13. The number of aromatic nitrogens is 2. The zero-order chi connectivity index (χ0) is 11.4. The largest absolute Gasteiger partial charge is 0.314 e. The van der Waals surface area contributed by atoms with Crippen molar-refractivity contribution in [1.29, 1.82) is 0 Å². The molecule has 88 valence electrons. The molecule has 0 aromatic carbocycles. The van der Waals surface area contributed by atoms with Crippen LogP contribution in [0.4, 0.5) is 0 Å². The van der Waals surface area contributed by atoms with Crippen LogP contribution >= 0.6 is 0 Å². The number of piperazine rings is 1. The monoisotopic (exact) mass is 220 g/mol. The standard InChI is InChI=1S/C12H20N4/c1-3-11-4-5-14-12(15-11)10(2)16-8-6-13-7-9-16/h4-5,10,13H,3,6-9H2,1-2H3. The first-order valence-corrected chi connectivity index (χ1v) is 6.08. The first kappa shape index (κ1) is 11.5. The van der Waals surface area contributed by atoms with Gasteiger partial charge in [0.1, 0.15) is 5.82 Å². The van der Waals surface area contributed by atoms with Gasteiger partial charge in [0, 0.05) is 38.1 Å². The molecule has 1 aliphatic heterocycles. The van der Waals surface area contributed by atoms with Crippen LogP contribution in [-0.4, -0.2) is 41.0 Å². The van der Waals surface area contributed by atoms with E-state index in [2.05, 4.69) is 34.0 Å². The van der Waals surface area contributed by atoms with Crippen LogP contribution in [0, 0.1) is 0 Å². The van der Waals surface area contributed by atoms with Crippen LogP contribution < -0.4 is 5.32 Å². The Bertz CT molecular complexity index is 334. The van der Waals surface area contributed by atoms with Crippen molar-refractivity contribution in [1.82, 2.24) is 20.2 Å². The molecule has 1 saturated heterocycles. The lowest BCUT2D eigenvalue weighted by Gasteiger charge is -2.31. The van der Waals surface area contributed by atoms with Crippen LogP contribution in [0.15, 0.2) is 12.3 Å². The molecule has 16 heavy (non-hydrogen) atoms. The number of hydrogen-bond donors (Lipinski definition) is 1. The minimum absolute atomic E-state index is 0.327. The lowest BCUT2D eigenvalue weighted by Crippen LogP contribution is -2.44. The summed E-state index contributed by atoms with van der Waals surface area (Å²) in [5, 5.41) is 3.36. The fraction of sp³-hybridized carbons (Fsp3) is 0.667. The van der Waals surface area contributed by atoms with Gasteiger partial charge in [0.05, 0.1) is 6.04 Å². The Labute approximate surface area is 97.1 Å². The molecular weight excluding hydrogens is 200 g/mol. The molecule has 0 amide bonds. The molecule has 4 heteroatoms. The normalized spacial score (nSPS) is 19.6. The van der Waals surface area contributed by atoms with Crippen LogP contribution in [-0.2, 0) is 6.42 Å². The minimum Gasteiger partial charge on any atom is -0.314 e. The predicted octanol–water partition coefficient (Wildman–Crippen LogP) is 1.01. The molecule has 0 bridgehead atoms. The molecule has 1 aromatic rings. The second-order valence-corrected chi connectivity index (χ2v) is 4.22. The first-order chi connectivity index (χ1) is 7.81. The smallest absolute Gasteiger partial charge is 0.145 e. The number of rotatable bonds is 3. The van der Waals surface area contributed by atoms with Crippen molar-refractivity contribution in [2.75, 3.05) is 26.2 Å². The van der Waals surface area contributed by atoms with E-state index in [1.165, 1.54) is 0 Å². The van der Waals surface area contributed by atoms with Gasteiger partial charge in [-0.05, 0) is 19.4 Å². The lowest BCUT2D eigenvalue weighted by molar-refractivity contribution is 0.179. The zero-order valence-corrected chi connectivity index (χ0v) is 10.1. The summed E-state index contributed by atoms with van der Waals surface area (Å²) < 4.78 is 0. The van der Waals surface area contributed by atoms with Crippen molar-refractivity contribution >= 4 is 0 Å². The molecule has 0 spiro atoms. The molecule has 1 fully saturated rings. The molecule has 1 unspecified atom stereocenters. The zero-order valence-electron chi connectivity index (χ0n) is 10.1. The van der Waals surface area contributed by atoms with E-state index in [4.69, 9.17) is 0 Å². The number of nitrogens with one attached hydrogen (secondary N) is 1. The highest BCUT2D eigenvalue weighted by Gasteiger charge is 2.19.